The lowest BCUT2D eigenvalue weighted by atomic mass is 10.1. The van der Waals surface area contributed by atoms with Gasteiger partial charge in [-0.2, -0.15) is 0 Å². The third-order valence-electron chi connectivity index (χ3n) is 4.22. The number of nitrogens with one attached hydrogen (secondary N) is 2. The Kier molecular flexibility index (Phi) is 6.83. The van der Waals surface area contributed by atoms with Crippen molar-refractivity contribution in [1.82, 2.24) is 15.4 Å². The van der Waals surface area contributed by atoms with E-state index >= 15 is 0 Å². The summed E-state index contributed by atoms with van der Waals surface area (Å²) in [5.41, 5.74) is 5.85. The zero-order valence-electron chi connectivity index (χ0n) is 16.3. The summed E-state index contributed by atoms with van der Waals surface area (Å²) < 4.78 is 11.9. The predicted octanol–water partition coefficient (Wildman–Crippen LogP) is 2.65. The summed E-state index contributed by atoms with van der Waals surface area (Å²) in [5, 5.41) is 0. The van der Waals surface area contributed by atoms with Crippen molar-refractivity contribution in [1.29, 1.82) is 0 Å². The van der Waals surface area contributed by atoms with E-state index in [9.17, 15) is 14.4 Å². The monoisotopic (exact) mass is 407 g/mol. The van der Waals surface area contributed by atoms with Gasteiger partial charge in [0.25, 0.3) is 11.8 Å². The van der Waals surface area contributed by atoms with Crippen molar-refractivity contribution in [3.63, 3.8) is 0 Å². The lowest BCUT2D eigenvalue weighted by molar-refractivity contribution is -0.140. The fraction of sp³-hybridized carbons (Fsp3) is 0.136. The van der Waals surface area contributed by atoms with Gasteiger partial charge in [0, 0.05) is 24.9 Å². The molecule has 2 aromatic heterocycles. The van der Waals surface area contributed by atoms with Gasteiger partial charge in [-0.3, -0.25) is 25.2 Å². The van der Waals surface area contributed by atoms with E-state index in [4.69, 9.17) is 4.42 Å². The smallest absolute Gasteiger partial charge is 0.305 e. The largest absolute Gasteiger partial charge is 0.469 e. The minimum atomic E-state index is -0.519. The highest BCUT2D eigenvalue weighted by Crippen LogP contribution is 2.14. The van der Waals surface area contributed by atoms with E-state index in [1.807, 2.05) is 41.2 Å². The molecule has 2 heterocycles. The van der Waals surface area contributed by atoms with E-state index in [-0.39, 0.29) is 12.4 Å². The van der Waals surface area contributed by atoms with Crippen molar-refractivity contribution in [2.45, 2.75) is 12.8 Å². The average Bonchev–Trinajstić information content (AvgIpc) is 3.46. The zero-order valence-corrected chi connectivity index (χ0v) is 16.3. The summed E-state index contributed by atoms with van der Waals surface area (Å²) in [6.45, 7) is 0. The normalized spacial score (nSPS) is 10.7. The van der Waals surface area contributed by atoms with E-state index in [0.29, 0.717) is 29.2 Å². The third-order valence-corrected chi connectivity index (χ3v) is 4.22. The molecule has 0 radical (unpaired) electrons. The highest BCUT2D eigenvalue weighted by Gasteiger charge is 2.12. The van der Waals surface area contributed by atoms with Crippen LogP contribution in [-0.4, -0.2) is 29.5 Å². The quantitative estimate of drug-likeness (QED) is 0.356. The first-order valence-corrected chi connectivity index (χ1v) is 9.23. The molecule has 0 aliphatic carbocycles. The average molecular weight is 407 g/mol. The topological polar surface area (TPSA) is 103 Å². The maximum Gasteiger partial charge on any atom is 0.305 e. The molecule has 0 aliphatic heterocycles. The number of furan rings is 1. The van der Waals surface area contributed by atoms with E-state index in [1.165, 1.54) is 19.3 Å². The molecular weight excluding hydrogens is 386 g/mol. The highest BCUT2D eigenvalue weighted by molar-refractivity contribution is 6.00. The molecule has 0 fully saturated rings. The van der Waals surface area contributed by atoms with Crippen LogP contribution in [0.1, 0.15) is 28.3 Å². The van der Waals surface area contributed by atoms with Crippen LogP contribution in [0.25, 0.3) is 11.8 Å². The molecule has 30 heavy (non-hydrogen) atoms. The van der Waals surface area contributed by atoms with Crippen LogP contribution in [0.5, 0.6) is 0 Å². The number of aromatic nitrogens is 1. The van der Waals surface area contributed by atoms with Gasteiger partial charge in [-0.05, 0) is 42.5 Å². The Bertz CT molecular complexity index is 1050. The van der Waals surface area contributed by atoms with Crippen LogP contribution in [0.15, 0.2) is 71.4 Å². The maximum atomic E-state index is 12.5. The molecule has 2 amide bonds. The van der Waals surface area contributed by atoms with Gasteiger partial charge in [0.2, 0.25) is 0 Å². The van der Waals surface area contributed by atoms with E-state index < -0.39 is 11.8 Å². The van der Waals surface area contributed by atoms with E-state index in [0.717, 1.165) is 0 Å². The molecule has 0 atom stereocenters. The number of hydrazine groups is 1. The lowest BCUT2D eigenvalue weighted by Crippen LogP contribution is -2.41. The molecule has 0 unspecified atom stereocenters. The number of carbonyl (C=O) groups is 3. The first-order chi connectivity index (χ1) is 14.6. The maximum absolute atomic E-state index is 12.5. The van der Waals surface area contributed by atoms with Crippen molar-refractivity contribution in [2.75, 3.05) is 7.11 Å². The minimum absolute atomic E-state index is 0.212. The second kappa shape index (κ2) is 9.92. The number of hydrogen-bond acceptors (Lipinski definition) is 5. The molecule has 0 saturated carbocycles. The Labute approximate surface area is 173 Å². The fourth-order valence-electron chi connectivity index (χ4n) is 2.72. The second-order valence-electron chi connectivity index (χ2n) is 6.26. The van der Waals surface area contributed by atoms with Crippen molar-refractivity contribution in [3.8, 4) is 5.69 Å². The first kappa shape index (κ1) is 20.7. The van der Waals surface area contributed by atoms with Gasteiger partial charge in [0.1, 0.15) is 11.5 Å². The fourth-order valence-corrected chi connectivity index (χ4v) is 2.72. The summed E-state index contributed by atoms with van der Waals surface area (Å²) in [4.78, 5) is 35.6. The number of methoxy groups -OCH3 is 1. The molecule has 0 saturated heterocycles. The van der Waals surface area contributed by atoms with Crippen molar-refractivity contribution in [3.05, 3.63) is 84.1 Å². The summed E-state index contributed by atoms with van der Waals surface area (Å²) in [6.07, 6.45) is 6.98. The molecule has 3 aromatic rings. The van der Waals surface area contributed by atoms with Crippen molar-refractivity contribution < 1.29 is 23.5 Å². The molecule has 0 spiro atoms. The Morgan fingerprint density at radius 2 is 1.80 bits per heavy atom. The number of benzene rings is 1. The Hall–Kier alpha value is -4.07. The zero-order chi connectivity index (χ0) is 21.3. The number of amides is 2. The third kappa shape index (κ3) is 5.48. The summed E-state index contributed by atoms with van der Waals surface area (Å²) in [5.74, 6) is -0.222. The Balaban J connectivity index is 1.53. The number of aryl methyl sites for hydroxylation is 1. The molecule has 3 rings (SSSR count). The predicted molar refractivity (Wildman–Crippen MR) is 109 cm³/mol. The first-order valence-electron chi connectivity index (χ1n) is 9.23. The van der Waals surface area contributed by atoms with E-state index in [2.05, 4.69) is 15.6 Å². The number of nitrogens with zero attached hydrogens (tertiary/aromatic N) is 1. The number of ether oxygens (including phenoxy) is 1. The standard InChI is InChI=1S/C22H21N3O5/c1-29-21(27)13-11-17-9-8-16(30-17)10-12-20(26)23-24-22(28)18-6-2-3-7-19(18)25-14-4-5-15-25/h2-10,12,14-15H,11,13H2,1H3,(H,23,26)(H,24,28)/b12-10+. The molecule has 154 valence electrons. The molecule has 2 N–H and O–H groups in total. The summed E-state index contributed by atoms with van der Waals surface area (Å²) in [7, 11) is 1.33. The van der Waals surface area contributed by atoms with Crippen LogP contribution in [0.4, 0.5) is 0 Å². The van der Waals surface area contributed by atoms with Crippen LogP contribution in [0.2, 0.25) is 0 Å². The lowest BCUT2D eigenvalue weighted by Gasteiger charge is -2.11. The molecule has 0 aliphatic rings. The minimum Gasteiger partial charge on any atom is -0.469 e. The number of para-hydroxylation sites is 1. The van der Waals surface area contributed by atoms with Gasteiger partial charge in [-0.1, -0.05) is 12.1 Å². The van der Waals surface area contributed by atoms with Crippen molar-refractivity contribution in [2.24, 2.45) is 0 Å². The van der Waals surface area contributed by atoms with Crippen LogP contribution < -0.4 is 10.9 Å². The summed E-state index contributed by atoms with van der Waals surface area (Å²) >= 11 is 0. The Morgan fingerprint density at radius 1 is 1.03 bits per heavy atom. The van der Waals surface area contributed by atoms with Crippen LogP contribution in [0.3, 0.4) is 0 Å². The van der Waals surface area contributed by atoms with Crippen molar-refractivity contribution >= 4 is 23.9 Å². The number of rotatable bonds is 7. The Morgan fingerprint density at radius 3 is 2.57 bits per heavy atom. The molecule has 8 heteroatoms. The molecule has 0 bridgehead atoms. The van der Waals surface area contributed by atoms with E-state index in [1.54, 1.807) is 24.3 Å². The van der Waals surface area contributed by atoms with Gasteiger partial charge in [0.05, 0.1) is 24.8 Å². The van der Waals surface area contributed by atoms with Gasteiger partial charge in [-0.25, -0.2) is 0 Å². The molecular formula is C22H21N3O5. The highest BCUT2D eigenvalue weighted by atomic mass is 16.5. The number of carbonyl (C=O) groups excluding carboxylic acids is 3. The molecule has 8 nitrogen and oxygen atoms in total. The number of esters is 1. The van der Waals surface area contributed by atoms with Crippen LogP contribution in [0, 0.1) is 0 Å². The summed E-state index contributed by atoms with van der Waals surface area (Å²) in [6, 6.07) is 14.2. The number of hydrogen-bond donors (Lipinski definition) is 2. The van der Waals surface area contributed by atoms with Crippen LogP contribution in [-0.2, 0) is 20.7 Å². The second-order valence-corrected chi connectivity index (χ2v) is 6.26. The SMILES string of the molecule is COC(=O)CCc1ccc(/C=C/C(=O)NNC(=O)c2ccccc2-n2cccc2)o1. The van der Waals surface area contributed by atoms with Gasteiger partial charge >= 0.3 is 5.97 Å². The van der Waals surface area contributed by atoms with Gasteiger partial charge in [-0.15, -0.1) is 0 Å². The van der Waals surface area contributed by atoms with Crippen LogP contribution >= 0.6 is 0 Å². The van der Waals surface area contributed by atoms with Gasteiger partial charge < -0.3 is 13.7 Å². The van der Waals surface area contributed by atoms with Gasteiger partial charge in [0.15, 0.2) is 0 Å². The molecule has 1 aromatic carbocycles.